The highest BCUT2D eigenvalue weighted by atomic mass is 16.3. The molecule has 0 bridgehead atoms. The third-order valence-electron chi connectivity index (χ3n) is 3.53. The minimum Gasteiger partial charge on any atom is -0.396 e. The lowest BCUT2D eigenvalue weighted by atomic mass is 10.1. The van der Waals surface area contributed by atoms with Gasteiger partial charge in [0.05, 0.1) is 0 Å². The van der Waals surface area contributed by atoms with E-state index in [4.69, 9.17) is 5.11 Å². The molecule has 2 N–H and O–H groups in total. The number of nitrogens with zero attached hydrogens (tertiary/aromatic N) is 3. The van der Waals surface area contributed by atoms with E-state index in [2.05, 4.69) is 15.5 Å². The smallest absolute Gasteiger partial charge is 0.251 e. The Morgan fingerprint density at radius 3 is 2.73 bits per heavy atom. The molecule has 1 atom stereocenters. The topological polar surface area (TPSA) is 80.0 Å². The lowest BCUT2D eigenvalue weighted by Gasteiger charge is -2.13. The quantitative estimate of drug-likeness (QED) is 0.818. The zero-order valence-corrected chi connectivity index (χ0v) is 13.0. The molecule has 0 saturated heterocycles. The maximum atomic E-state index is 12.1. The van der Waals surface area contributed by atoms with Gasteiger partial charge in [0.15, 0.2) is 5.82 Å². The summed E-state index contributed by atoms with van der Waals surface area (Å²) in [4.78, 5) is 12.1. The molecule has 1 unspecified atom stereocenters. The Kier molecular flexibility index (Phi) is 5.66. The molecular formula is C16H22N4O2. The second-order valence-corrected chi connectivity index (χ2v) is 5.26. The Labute approximate surface area is 130 Å². The number of amides is 1. The van der Waals surface area contributed by atoms with Crippen molar-refractivity contribution in [3.05, 3.63) is 36.2 Å². The number of carbonyl (C=O) groups excluding carboxylic acids is 1. The van der Waals surface area contributed by atoms with Crippen LogP contribution in [0.25, 0.3) is 11.4 Å². The van der Waals surface area contributed by atoms with Crippen molar-refractivity contribution < 1.29 is 9.90 Å². The fourth-order valence-electron chi connectivity index (χ4n) is 2.26. The van der Waals surface area contributed by atoms with Crippen LogP contribution < -0.4 is 5.32 Å². The minimum absolute atomic E-state index is 0.0440. The van der Waals surface area contributed by atoms with Gasteiger partial charge in [0.25, 0.3) is 5.91 Å². The molecule has 1 aromatic carbocycles. The molecule has 0 saturated carbocycles. The van der Waals surface area contributed by atoms with Crippen LogP contribution in [0, 0.1) is 0 Å². The van der Waals surface area contributed by atoms with Gasteiger partial charge in [-0.1, -0.05) is 12.1 Å². The van der Waals surface area contributed by atoms with Crippen molar-refractivity contribution in [2.24, 2.45) is 0 Å². The first-order valence-corrected chi connectivity index (χ1v) is 7.55. The number of aryl methyl sites for hydroxylation is 1. The first-order valence-electron chi connectivity index (χ1n) is 7.55. The number of aromatic nitrogens is 3. The first-order chi connectivity index (χ1) is 10.7. The second kappa shape index (κ2) is 7.70. The molecule has 0 fully saturated rings. The van der Waals surface area contributed by atoms with Crippen LogP contribution in [0.1, 0.15) is 37.0 Å². The lowest BCUT2D eigenvalue weighted by Crippen LogP contribution is -2.32. The SMILES string of the molecule is CCn1cnnc1-c1ccc(C(=O)NC(C)CCCO)cc1. The summed E-state index contributed by atoms with van der Waals surface area (Å²) >= 11 is 0. The summed E-state index contributed by atoms with van der Waals surface area (Å²) in [6.07, 6.45) is 3.14. The number of aliphatic hydroxyl groups is 1. The van der Waals surface area contributed by atoms with Crippen molar-refractivity contribution in [3.8, 4) is 11.4 Å². The summed E-state index contributed by atoms with van der Waals surface area (Å²) < 4.78 is 1.95. The molecule has 6 heteroatoms. The summed E-state index contributed by atoms with van der Waals surface area (Å²) in [5.41, 5.74) is 1.55. The minimum atomic E-state index is -0.103. The fourth-order valence-corrected chi connectivity index (χ4v) is 2.26. The van der Waals surface area contributed by atoms with E-state index in [-0.39, 0.29) is 18.6 Å². The maximum absolute atomic E-state index is 12.1. The molecule has 0 aliphatic carbocycles. The monoisotopic (exact) mass is 302 g/mol. The Balaban J connectivity index is 2.04. The van der Waals surface area contributed by atoms with Gasteiger partial charge in [0.1, 0.15) is 6.33 Å². The summed E-state index contributed by atoms with van der Waals surface area (Å²) in [6.45, 7) is 4.91. The van der Waals surface area contributed by atoms with Crippen LogP contribution in [-0.4, -0.2) is 38.4 Å². The predicted octanol–water partition coefficient (Wildman–Crippen LogP) is 1.86. The normalized spacial score (nSPS) is 12.1. The van der Waals surface area contributed by atoms with E-state index in [1.165, 1.54) is 0 Å². The predicted molar refractivity (Wildman–Crippen MR) is 84.4 cm³/mol. The Morgan fingerprint density at radius 2 is 2.09 bits per heavy atom. The lowest BCUT2D eigenvalue weighted by molar-refractivity contribution is 0.0936. The van der Waals surface area contributed by atoms with Gasteiger partial charge in [-0.25, -0.2) is 0 Å². The Morgan fingerprint density at radius 1 is 1.36 bits per heavy atom. The van der Waals surface area contributed by atoms with Crippen molar-refractivity contribution in [1.82, 2.24) is 20.1 Å². The number of rotatable bonds is 7. The van der Waals surface area contributed by atoms with E-state index < -0.39 is 0 Å². The van der Waals surface area contributed by atoms with E-state index in [0.717, 1.165) is 24.4 Å². The maximum Gasteiger partial charge on any atom is 0.251 e. The highest BCUT2D eigenvalue weighted by molar-refractivity contribution is 5.94. The van der Waals surface area contributed by atoms with E-state index >= 15 is 0 Å². The zero-order valence-electron chi connectivity index (χ0n) is 13.0. The van der Waals surface area contributed by atoms with Crippen LogP contribution in [0.2, 0.25) is 0 Å². The highest BCUT2D eigenvalue weighted by Crippen LogP contribution is 2.17. The average Bonchev–Trinajstić information content (AvgIpc) is 3.01. The molecular weight excluding hydrogens is 280 g/mol. The van der Waals surface area contributed by atoms with Crippen LogP contribution in [0.3, 0.4) is 0 Å². The molecule has 1 aromatic heterocycles. The van der Waals surface area contributed by atoms with Gasteiger partial charge in [-0.05, 0) is 38.8 Å². The molecule has 118 valence electrons. The number of aliphatic hydroxyl groups excluding tert-OH is 1. The molecule has 6 nitrogen and oxygen atoms in total. The van der Waals surface area contributed by atoms with Crippen molar-refractivity contribution in [2.75, 3.05) is 6.61 Å². The van der Waals surface area contributed by atoms with Gasteiger partial charge >= 0.3 is 0 Å². The number of hydrogen-bond donors (Lipinski definition) is 2. The van der Waals surface area contributed by atoms with Crippen molar-refractivity contribution in [2.45, 2.75) is 39.3 Å². The number of benzene rings is 1. The third-order valence-corrected chi connectivity index (χ3v) is 3.53. The number of nitrogens with one attached hydrogen (secondary N) is 1. The Bertz CT molecular complexity index is 607. The molecule has 22 heavy (non-hydrogen) atoms. The summed E-state index contributed by atoms with van der Waals surface area (Å²) in [5, 5.41) is 19.7. The Hall–Kier alpha value is -2.21. The molecule has 2 aromatic rings. The van der Waals surface area contributed by atoms with E-state index in [1.54, 1.807) is 18.5 Å². The number of carbonyl (C=O) groups is 1. The van der Waals surface area contributed by atoms with Crippen molar-refractivity contribution in [3.63, 3.8) is 0 Å². The van der Waals surface area contributed by atoms with Gasteiger partial charge in [0.2, 0.25) is 0 Å². The first kappa shape index (κ1) is 16.2. The van der Waals surface area contributed by atoms with E-state index in [0.29, 0.717) is 12.0 Å². The third kappa shape index (κ3) is 3.92. The average molecular weight is 302 g/mol. The molecule has 0 spiro atoms. The molecule has 1 amide bonds. The summed E-state index contributed by atoms with van der Waals surface area (Å²) in [7, 11) is 0. The van der Waals surface area contributed by atoms with Crippen LogP contribution >= 0.6 is 0 Å². The van der Waals surface area contributed by atoms with Crippen LogP contribution in [0.5, 0.6) is 0 Å². The summed E-state index contributed by atoms with van der Waals surface area (Å²) in [5.74, 6) is 0.694. The molecule has 0 aliphatic heterocycles. The number of hydrogen-bond acceptors (Lipinski definition) is 4. The van der Waals surface area contributed by atoms with Gasteiger partial charge in [-0.2, -0.15) is 0 Å². The van der Waals surface area contributed by atoms with Crippen molar-refractivity contribution in [1.29, 1.82) is 0 Å². The van der Waals surface area contributed by atoms with Crippen molar-refractivity contribution >= 4 is 5.91 Å². The van der Waals surface area contributed by atoms with Gasteiger partial charge in [-0.3, -0.25) is 4.79 Å². The van der Waals surface area contributed by atoms with Gasteiger partial charge < -0.3 is 15.0 Å². The van der Waals surface area contributed by atoms with E-state index in [9.17, 15) is 4.79 Å². The largest absolute Gasteiger partial charge is 0.396 e. The second-order valence-electron chi connectivity index (χ2n) is 5.26. The highest BCUT2D eigenvalue weighted by Gasteiger charge is 2.11. The van der Waals surface area contributed by atoms with Crippen LogP contribution in [0.4, 0.5) is 0 Å². The standard InChI is InChI=1S/C16H22N4O2/c1-3-20-11-17-19-15(20)13-6-8-14(9-7-13)16(22)18-12(2)5-4-10-21/h6-9,11-12,21H,3-5,10H2,1-2H3,(H,18,22). The fraction of sp³-hybridized carbons (Fsp3) is 0.438. The van der Waals surface area contributed by atoms with Crippen LogP contribution in [-0.2, 0) is 6.54 Å². The van der Waals surface area contributed by atoms with E-state index in [1.807, 2.05) is 30.5 Å². The van der Waals surface area contributed by atoms with Gasteiger partial charge in [-0.15, -0.1) is 10.2 Å². The molecule has 0 radical (unpaired) electrons. The van der Waals surface area contributed by atoms with Gasteiger partial charge in [0, 0.05) is 30.3 Å². The molecule has 2 rings (SSSR count). The molecule has 1 heterocycles. The molecule has 0 aliphatic rings. The van der Waals surface area contributed by atoms with Crippen LogP contribution in [0.15, 0.2) is 30.6 Å². The zero-order chi connectivity index (χ0) is 15.9. The summed E-state index contributed by atoms with van der Waals surface area (Å²) in [6, 6.07) is 7.38.